The van der Waals surface area contributed by atoms with Crippen LogP contribution in [0.2, 0.25) is 0 Å². The predicted octanol–water partition coefficient (Wildman–Crippen LogP) is 1.74. The van der Waals surface area contributed by atoms with Gasteiger partial charge in [-0.1, -0.05) is 6.07 Å². The molecule has 3 rings (SSSR count). The molecule has 0 saturated carbocycles. The topological polar surface area (TPSA) is 112 Å². The molecule has 0 atom stereocenters. The first kappa shape index (κ1) is 12.2. The van der Waals surface area contributed by atoms with Gasteiger partial charge in [0.2, 0.25) is 5.95 Å². The molecule has 0 aliphatic carbocycles. The molecule has 0 spiro atoms. The van der Waals surface area contributed by atoms with Crippen LogP contribution in [0.1, 0.15) is 21.7 Å². The van der Waals surface area contributed by atoms with Crippen LogP contribution >= 0.6 is 0 Å². The summed E-state index contributed by atoms with van der Waals surface area (Å²) in [6, 6.07) is 5.28. The summed E-state index contributed by atoms with van der Waals surface area (Å²) >= 11 is 0. The fraction of sp³-hybridized carbons (Fsp3) is 0.154. The minimum atomic E-state index is -0.282. The fourth-order valence-electron chi connectivity index (χ4n) is 2.02. The van der Waals surface area contributed by atoms with Crippen LogP contribution in [0, 0.1) is 13.8 Å². The van der Waals surface area contributed by atoms with Crippen LogP contribution < -0.4 is 11.1 Å². The molecule has 0 bridgehead atoms. The Morgan fingerprint density at radius 3 is 2.75 bits per heavy atom. The molecule has 1 aromatic carbocycles. The van der Waals surface area contributed by atoms with Gasteiger partial charge in [0.15, 0.2) is 5.95 Å². The quantitative estimate of drug-likeness (QED) is 0.568. The number of fused-ring (bicyclic) bond motifs is 1. The zero-order chi connectivity index (χ0) is 14.3. The number of imidazole rings is 2. The second-order valence-electron chi connectivity index (χ2n) is 4.57. The van der Waals surface area contributed by atoms with E-state index in [4.69, 9.17) is 5.73 Å². The number of hydrogen-bond donors (Lipinski definition) is 4. The summed E-state index contributed by atoms with van der Waals surface area (Å²) < 4.78 is 0. The SMILES string of the molecule is Cc1nc(NC(=O)c2cccc3[nH]c(N)nc23)[nH]c1C. The number of aromatic nitrogens is 4. The molecule has 0 unspecified atom stereocenters. The van der Waals surface area contributed by atoms with Gasteiger partial charge in [-0.25, -0.2) is 9.97 Å². The minimum absolute atomic E-state index is 0.282. The highest BCUT2D eigenvalue weighted by molar-refractivity contribution is 6.11. The Morgan fingerprint density at radius 2 is 2.05 bits per heavy atom. The van der Waals surface area contributed by atoms with Crippen molar-refractivity contribution in [1.29, 1.82) is 0 Å². The van der Waals surface area contributed by atoms with Crippen molar-refractivity contribution in [2.75, 3.05) is 11.1 Å². The maximum absolute atomic E-state index is 12.3. The molecule has 2 aromatic heterocycles. The van der Waals surface area contributed by atoms with Crippen LogP contribution in [0.5, 0.6) is 0 Å². The average Bonchev–Trinajstić information content (AvgIpc) is 2.91. The number of anilines is 2. The van der Waals surface area contributed by atoms with Crippen molar-refractivity contribution in [3.8, 4) is 0 Å². The molecular weight excluding hydrogens is 256 g/mol. The minimum Gasteiger partial charge on any atom is -0.369 e. The molecule has 7 heteroatoms. The number of nitrogens with zero attached hydrogens (tertiary/aromatic N) is 2. The van der Waals surface area contributed by atoms with E-state index in [0.717, 1.165) is 16.9 Å². The monoisotopic (exact) mass is 270 g/mol. The number of aryl methyl sites for hydroxylation is 2. The number of amides is 1. The lowest BCUT2D eigenvalue weighted by molar-refractivity contribution is 0.102. The highest BCUT2D eigenvalue weighted by Crippen LogP contribution is 2.18. The van der Waals surface area contributed by atoms with Gasteiger partial charge in [0.1, 0.15) is 5.52 Å². The molecule has 20 heavy (non-hydrogen) atoms. The van der Waals surface area contributed by atoms with Gasteiger partial charge >= 0.3 is 0 Å². The molecule has 7 nitrogen and oxygen atoms in total. The van der Waals surface area contributed by atoms with Crippen molar-refractivity contribution in [2.24, 2.45) is 0 Å². The smallest absolute Gasteiger partial charge is 0.260 e. The highest BCUT2D eigenvalue weighted by atomic mass is 16.1. The van der Waals surface area contributed by atoms with E-state index in [1.54, 1.807) is 12.1 Å². The van der Waals surface area contributed by atoms with Crippen molar-refractivity contribution < 1.29 is 4.79 Å². The summed E-state index contributed by atoms with van der Waals surface area (Å²) in [7, 11) is 0. The Morgan fingerprint density at radius 1 is 1.25 bits per heavy atom. The van der Waals surface area contributed by atoms with E-state index in [9.17, 15) is 4.79 Å². The maximum atomic E-state index is 12.3. The van der Waals surface area contributed by atoms with Gasteiger partial charge < -0.3 is 15.7 Å². The number of para-hydroxylation sites is 1. The number of carbonyl (C=O) groups is 1. The van der Waals surface area contributed by atoms with Crippen LogP contribution in [-0.4, -0.2) is 25.8 Å². The maximum Gasteiger partial charge on any atom is 0.260 e. The van der Waals surface area contributed by atoms with E-state index in [1.807, 2.05) is 19.9 Å². The Hall–Kier alpha value is -2.83. The van der Waals surface area contributed by atoms with E-state index in [-0.39, 0.29) is 11.9 Å². The molecule has 3 aromatic rings. The normalized spacial score (nSPS) is 10.9. The second kappa shape index (κ2) is 4.37. The molecule has 0 radical (unpaired) electrons. The number of nitrogens with one attached hydrogen (secondary N) is 3. The lowest BCUT2D eigenvalue weighted by atomic mass is 10.2. The van der Waals surface area contributed by atoms with Gasteiger partial charge in [-0.3, -0.25) is 10.1 Å². The number of H-pyrrole nitrogens is 2. The molecular formula is C13H14N6O. The Kier molecular flexibility index (Phi) is 2.67. The molecule has 0 fully saturated rings. The molecule has 0 aliphatic heterocycles. The van der Waals surface area contributed by atoms with Crippen LogP contribution in [0.3, 0.4) is 0 Å². The number of nitrogens with two attached hydrogens (primary N) is 1. The Balaban J connectivity index is 1.96. The summed E-state index contributed by atoms with van der Waals surface area (Å²) in [5.74, 6) is 0.422. The van der Waals surface area contributed by atoms with E-state index in [2.05, 4.69) is 25.3 Å². The number of hydrogen-bond acceptors (Lipinski definition) is 4. The molecule has 2 heterocycles. The Bertz CT molecular complexity index is 781. The van der Waals surface area contributed by atoms with Gasteiger partial charge in [0, 0.05) is 5.69 Å². The summed E-state index contributed by atoms with van der Waals surface area (Å²) in [5, 5.41) is 2.72. The second-order valence-corrected chi connectivity index (χ2v) is 4.57. The van der Waals surface area contributed by atoms with E-state index in [0.29, 0.717) is 17.0 Å². The highest BCUT2D eigenvalue weighted by Gasteiger charge is 2.14. The largest absolute Gasteiger partial charge is 0.369 e. The standard InChI is InChI=1S/C13H14N6O/c1-6-7(2)16-13(15-6)19-11(20)8-4-3-5-9-10(8)18-12(14)17-9/h3-5H,1-2H3,(H3,14,17,18)(H2,15,16,19,20). The summed E-state index contributed by atoms with van der Waals surface area (Å²) in [6.07, 6.45) is 0. The number of benzene rings is 1. The average molecular weight is 270 g/mol. The fourth-order valence-corrected chi connectivity index (χ4v) is 2.02. The van der Waals surface area contributed by atoms with Crippen LogP contribution in [0.4, 0.5) is 11.9 Å². The lowest BCUT2D eigenvalue weighted by Crippen LogP contribution is -2.13. The van der Waals surface area contributed by atoms with Crippen molar-refractivity contribution >= 4 is 28.8 Å². The lowest BCUT2D eigenvalue weighted by Gasteiger charge is -2.02. The first-order chi connectivity index (χ1) is 9.54. The summed E-state index contributed by atoms with van der Waals surface area (Å²) in [5.41, 5.74) is 9.10. The van der Waals surface area contributed by atoms with Gasteiger partial charge in [0.05, 0.1) is 16.8 Å². The third-order valence-electron chi connectivity index (χ3n) is 3.14. The summed E-state index contributed by atoms with van der Waals surface area (Å²) in [4.78, 5) is 26.5. The first-order valence-corrected chi connectivity index (χ1v) is 6.13. The molecule has 0 saturated heterocycles. The number of carbonyl (C=O) groups excluding carboxylic acids is 1. The van der Waals surface area contributed by atoms with Gasteiger partial charge in [0.25, 0.3) is 5.91 Å². The zero-order valence-corrected chi connectivity index (χ0v) is 11.1. The van der Waals surface area contributed by atoms with Crippen LogP contribution in [-0.2, 0) is 0 Å². The van der Waals surface area contributed by atoms with Gasteiger partial charge in [-0.05, 0) is 26.0 Å². The van der Waals surface area contributed by atoms with Gasteiger partial charge in [-0.2, -0.15) is 0 Å². The number of nitrogen functional groups attached to an aromatic ring is 1. The molecule has 102 valence electrons. The van der Waals surface area contributed by atoms with Gasteiger partial charge in [-0.15, -0.1) is 0 Å². The third-order valence-corrected chi connectivity index (χ3v) is 3.14. The summed E-state index contributed by atoms with van der Waals surface area (Å²) in [6.45, 7) is 3.77. The van der Waals surface area contributed by atoms with Crippen molar-refractivity contribution in [1.82, 2.24) is 19.9 Å². The van der Waals surface area contributed by atoms with E-state index < -0.39 is 0 Å². The Labute approximate surface area is 114 Å². The zero-order valence-electron chi connectivity index (χ0n) is 11.1. The van der Waals surface area contributed by atoms with Crippen LogP contribution in [0.15, 0.2) is 18.2 Å². The van der Waals surface area contributed by atoms with E-state index >= 15 is 0 Å². The number of aromatic amines is 2. The molecule has 1 amide bonds. The predicted molar refractivity (Wildman–Crippen MR) is 76.5 cm³/mol. The first-order valence-electron chi connectivity index (χ1n) is 6.13. The third kappa shape index (κ3) is 1.99. The van der Waals surface area contributed by atoms with Crippen molar-refractivity contribution in [3.05, 3.63) is 35.2 Å². The van der Waals surface area contributed by atoms with E-state index in [1.165, 1.54) is 0 Å². The molecule has 0 aliphatic rings. The van der Waals surface area contributed by atoms with Crippen molar-refractivity contribution in [2.45, 2.75) is 13.8 Å². The molecule has 5 N–H and O–H groups in total. The van der Waals surface area contributed by atoms with Crippen LogP contribution in [0.25, 0.3) is 11.0 Å². The van der Waals surface area contributed by atoms with Crippen molar-refractivity contribution in [3.63, 3.8) is 0 Å². The number of rotatable bonds is 2.